The lowest BCUT2D eigenvalue weighted by Gasteiger charge is -2.20. The van der Waals surface area contributed by atoms with Crippen LogP contribution in [0.15, 0.2) is 36.4 Å². The third-order valence-corrected chi connectivity index (χ3v) is 5.31. The van der Waals surface area contributed by atoms with Crippen LogP contribution in [-0.2, 0) is 22.4 Å². The highest BCUT2D eigenvalue weighted by Crippen LogP contribution is 2.25. The quantitative estimate of drug-likeness (QED) is 0.455. The van der Waals surface area contributed by atoms with E-state index in [-0.39, 0.29) is 22.9 Å². The van der Waals surface area contributed by atoms with E-state index in [2.05, 4.69) is 17.4 Å². The molecule has 0 saturated heterocycles. The summed E-state index contributed by atoms with van der Waals surface area (Å²) in [5.41, 5.74) is 3.85. The SMILES string of the molecule is Cc1c(C(=O)OCC(=O)N[C@@H](C)c2ccc3c(c2)CCCC3)cccc1[N+](=O)[O-]. The standard InChI is InChI=1S/C22H24N2O5/c1-14-19(8-5-9-20(14)24(27)28)22(26)29-13-21(25)23-15(2)17-11-10-16-6-3-4-7-18(16)12-17/h5,8-12,15H,3-4,6-7,13H2,1-2H3,(H,23,25)/t15-/m0/s1. The molecule has 0 bridgehead atoms. The Hall–Kier alpha value is -3.22. The molecular formula is C22H24N2O5. The number of fused-ring (bicyclic) bond motifs is 1. The van der Waals surface area contributed by atoms with Crippen LogP contribution in [0.25, 0.3) is 0 Å². The van der Waals surface area contributed by atoms with Crippen molar-refractivity contribution in [2.24, 2.45) is 0 Å². The van der Waals surface area contributed by atoms with E-state index in [9.17, 15) is 19.7 Å². The lowest BCUT2D eigenvalue weighted by atomic mass is 9.89. The Labute approximate surface area is 169 Å². The van der Waals surface area contributed by atoms with Gasteiger partial charge in [0.1, 0.15) is 0 Å². The van der Waals surface area contributed by atoms with Gasteiger partial charge in [-0.15, -0.1) is 0 Å². The maximum atomic E-state index is 12.2. The molecule has 0 aromatic heterocycles. The number of hydrogen-bond donors (Lipinski definition) is 1. The Morgan fingerprint density at radius 3 is 2.62 bits per heavy atom. The summed E-state index contributed by atoms with van der Waals surface area (Å²) in [5, 5.41) is 13.8. The second-order valence-electron chi connectivity index (χ2n) is 7.31. The van der Waals surface area contributed by atoms with Gasteiger partial charge in [0.25, 0.3) is 11.6 Å². The molecule has 1 amide bonds. The zero-order valence-electron chi connectivity index (χ0n) is 16.6. The number of hydrogen-bond acceptors (Lipinski definition) is 5. The molecule has 2 aromatic carbocycles. The van der Waals surface area contributed by atoms with Crippen molar-refractivity contribution >= 4 is 17.6 Å². The number of ether oxygens (including phenoxy) is 1. The van der Waals surface area contributed by atoms with E-state index in [4.69, 9.17) is 4.74 Å². The van der Waals surface area contributed by atoms with Gasteiger partial charge in [0, 0.05) is 11.6 Å². The largest absolute Gasteiger partial charge is 0.452 e. The van der Waals surface area contributed by atoms with Crippen LogP contribution in [0.3, 0.4) is 0 Å². The number of amides is 1. The molecule has 3 rings (SSSR count). The molecule has 0 fully saturated rings. The fourth-order valence-electron chi connectivity index (χ4n) is 3.64. The molecule has 1 aliphatic carbocycles. The average Bonchev–Trinajstić information content (AvgIpc) is 2.71. The summed E-state index contributed by atoms with van der Waals surface area (Å²) in [6.07, 6.45) is 4.56. The van der Waals surface area contributed by atoms with Crippen molar-refractivity contribution in [2.45, 2.75) is 45.6 Å². The summed E-state index contributed by atoms with van der Waals surface area (Å²) in [4.78, 5) is 34.9. The number of nitro benzene ring substituents is 1. The third-order valence-electron chi connectivity index (χ3n) is 5.31. The van der Waals surface area contributed by atoms with Gasteiger partial charge in [-0.3, -0.25) is 14.9 Å². The fourth-order valence-corrected chi connectivity index (χ4v) is 3.64. The summed E-state index contributed by atoms with van der Waals surface area (Å²) >= 11 is 0. The highest BCUT2D eigenvalue weighted by Gasteiger charge is 2.20. The van der Waals surface area contributed by atoms with Gasteiger partial charge in [-0.1, -0.05) is 24.3 Å². The van der Waals surface area contributed by atoms with Crippen molar-refractivity contribution in [2.75, 3.05) is 6.61 Å². The molecule has 1 N–H and O–H groups in total. The second kappa shape index (κ2) is 8.86. The maximum Gasteiger partial charge on any atom is 0.339 e. The summed E-state index contributed by atoms with van der Waals surface area (Å²) < 4.78 is 5.06. The van der Waals surface area contributed by atoms with Crippen LogP contribution in [0.4, 0.5) is 5.69 Å². The van der Waals surface area contributed by atoms with Gasteiger partial charge in [0.2, 0.25) is 0 Å². The first-order valence-corrected chi connectivity index (χ1v) is 9.69. The van der Waals surface area contributed by atoms with Crippen LogP contribution in [0.1, 0.15) is 58.4 Å². The molecule has 0 radical (unpaired) electrons. The van der Waals surface area contributed by atoms with E-state index in [1.54, 1.807) is 0 Å². The Morgan fingerprint density at radius 2 is 1.90 bits per heavy atom. The van der Waals surface area contributed by atoms with Gasteiger partial charge in [-0.05, 0) is 62.3 Å². The van der Waals surface area contributed by atoms with Gasteiger partial charge in [0.15, 0.2) is 6.61 Å². The molecule has 2 aromatic rings. The highest BCUT2D eigenvalue weighted by atomic mass is 16.6. The highest BCUT2D eigenvalue weighted by molar-refractivity contribution is 5.93. The summed E-state index contributed by atoms with van der Waals surface area (Å²) in [7, 11) is 0. The lowest BCUT2D eigenvalue weighted by Crippen LogP contribution is -2.31. The molecule has 0 unspecified atom stereocenters. The van der Waals surface area contributed by atoms with E-state index < -0.39 is 23.4 Å². The molecule has 1 atom stereocenters. The van der Waals surface area contributed by atoms with E-state index >= 15 is 0 Å². The van der Waals surface area contributed by atoms with Crippen molar-refractivity contribution in [1.82, 2.24) is 5.32 Å². The molecule has 0 spiro atoms. The van der Waals surface area contributed by atoms with E-state index in [1.165, 1.54) is 49.1 Å². The van der Waals surface area contributed by atoms with Crippen molar-refractivity contribution in [1.29, 1.82) is 0 Å². The first-order chi connectivity index (χ1) is 13.9. The fraction of sp³-hybridized carbons (Fsp3) is 0.364. The van der Waals surface area contributed by atoms with Crippen molar-refractivity contribution < 1.29 is 19.2 Å². The molecule has 7 nitrogen and oxygen atoms in total. The normalized spacial score (nSPS) is 13.9. The molecular weight excluding hydrogens is 372 g/mol. The number of benzene rings is 2. The van der Waals surface area contributed by atoms with Crippen LogP contribution in [0.5, 0.6) is 0 Å². The number of esters is 1. The van der Waals surface area contributed by atoms with Crippen LogP contribution in [0.2, 0.25) is 0 Å². The van der Waals surface area contributed by atoms with Crippen LogP contribution in [0, 0.1) is 17.0 Å². The predicted molar refractivity (Wildman–Crippen MR) is 108 cm³/mol. The minimum atomic E-state index is -0.761. The molecule has 0 heterocycles. The van der Waals surface area contributed by atoms with Gasteiger partial charge >= 0.3 is 5.97 Å². The van der Waals surface area contributed by atoms with Crippen LogP contribution >= 0.6 is 0 Å². The minimum Gasteiger partial charge on any atom is -0.452 e. The first kappa shape index (κ1) is 20.5. The molecule has 1 aliphatic rings. The number of nitro groups is 1. The van der Waals surface area contributed by atoms with Gasteiger partial charge < -0.3 is 10.1 Å². The smallest absolute Gasteiger partial charge is 0.339 e. The Morgan fingerprint density at radius 1 is 1.17 bits per heavy atom. The molecule has 152 valence electrons. The third kappa shape index (κ3) is 4.80. The van der Waals surface area contributed by atoms with Gasteiger partial charge in [-0.25, -0.2) is 4.79 Å². The van der Waals surface area contributed by atoms with Crippen LogP contribution < -0.4 is 5.32 Å². The summed E-state index contributed by atoms with van der Waals surface area (Å²) in [6, 6.07) is 10.2. The first-order valence-electron chi connectivity index (χ1n) is 9.69. The van der Waals surface area contributed by atoms with Crippen LogP contribution in [-0.4, -0.2) is 23.4 Å². The molecule has 7 heteroatoms. The Bertz CT molecular complexity index is 954. The van der Waals surface area contributed by atoms with E-state index in [0.29, 0.717) is 0 Å². The minimum absolute atomic E-state index is 0.0785. The second-order valence-corrected chi connectivity index (χ2v) is 7.31. The van der Waals surface area contributed by atoms with E-state index in [0.717, 1.165) is 18.4 Å². The number of nitrogens with zero attached hydrogens (tertiary/aromatic N) is 1. The number of rotatable bonds is 6. The lowest BCUT2D eigenvalue weighted by molar-refractivity contribution is -0.385. The number of carbonyl (C=O) groups excluding carboxylic acids is 2. The Balaban J connectivity index is 1.58. The molecule has 0 aliphatic heterocycles. The Kier molecular flexibility index (Phi) is 6.26. The molecule has 0 saturated carbocycles. The maximum absolute atomic E-state index is 12.2. The number of carbonyl (C=O) groups is 2. The van der Waals surface area contributed by atoms with Gasteiger partial charge in [-0.2, -0.15) is 0 Å². The zero-order valence-corrected chi connectivity index (χ0v) is 16.6. The van der Waals surface area contributed by atoms with Crippen molar-refractivity contribution in [3.05, 3.63) is 74.3 Å². The van der Waals surface area contributed by atoms with Crippen molar-refractivity contribution in [3.63, 3.8) is 0 Å². The monoisotopic (exact) mass is 396 g/mol. The number of aryl methyl sites for hydroxylation is 2. The zero-order chi connectivity index (χ0) is 21.0. The summed E-state index contributed by atoms with van der Waals surface area (Å²) in [5.74, 6) is -1.19. The summed E-state index contributed by atoms with van der Waals surface area (Å²) in [6.45, 7) is 2.91. The predicted octanol–water partition coefficient (Wildman–Crippen LogP) is 3.82. The van der Waals surface area contributed by atoms with Crippen molar-refractivity contribution in [3.8, 4) is 0 Å². The topological polar surface area (TPSA) is 98.5 Å². The van der Waals surface area contributed by atoms with Gasteiger partial charge in [0.05, 0.1) is 16.5 Å². The van der Waals surface area contributed by atoms with E-state index in [1.807, 2.05) is 13.0 Å². The molecule has 29 heavy (non-hydrogen) atoms. The number of nitrogens with one attached hydrogen (secondary N) is 1. The average molecular weight is 396 g/mol.